The fourth-order valence-corrected chi connectivity index (χ4v) is 3.65. The van der Waals surface area contributed by atoms with Crippen molar-refractivity contribution in [3.63, 3.8) is 0 Å². The van der Waals surface area contributed by atoms with Crippen LogP contribution in [0.1, 0.15) is 37.0 Å². The number of carbonyl (C=O) groups is 1. The highest BCUT2D eigenvalue weighted by Gasteiger charge is 2.20. The average Bonchev–Trinajstić information content (AvgIpc) is 3.04. The van der Waals surface area contributed by atoms with Crippen LogP contribution in [0.25, 0.3) is 0 Å². The van der Waals surface area contributed by atoms with Crippen molar-refractivity contribution in [2.45, 2.75) is 37.7 Å². The minimum Gasteiger partial charge on any atom is -0.478 e. The van der Waals surface area contributed by atoms with Crippen molar-refractivity contribution in [3.05, 3.63) is 23.8 Å². The number of hydrogen-bond donors (Lipinski definition) is 3. The van der Waals surface area contributed by atoms with Gasteiger partial charge >= 0.3 is 5.97 Å². The first kappa shape index (κ1) is 18.7. The topological polar surface area (TPSA) is 105 Å². The average molecular weight is 356 g/mol. The molecule has 24 heavy (non-hydrogen) atoms. The van der Waals surface area contributed by atoms with Gasteiger partial charge in [0.1, 0.15) is 0 Å². The summed E-state index contributed by atoms with van der Waals surface area (Å²) in [4.78, 5) is 11.4. The molecular weight excluding hydrogens is 332 g/mol. The van der Waals surface area contributed by atoms with Crippen LogP contribution >= 0.6 is 0 Å². The van der Waals surface area contributed by atoms with Crippen LogP contribution in [0, 0.1) is 5.92 Å². The van der Waals surface area contributed by atoms with E-state index in [1.54, 1.807) is 0 Å². The van der Waals surface area contributed by atoms with Gasteiger partial charge in [0.15, 0.2) is 0 Å². The number of anilines is 1. The molecule has 1 atom stereocenters. The molecule has 1 heterocycles. The Hall–Kier alpha value is -1.64. The Bertz CT molecular complexity index is 682. The van der Waals surface area contributed by atoms with E-state index in [-0.39, 0.29) is 22.5 Å². The second-order valence-corrected chi connectivity index (χ2v) is 8.04. The molecule has 134 valence electrons. The summed E-state index contributed by atoms with van der Waals surface area (Å²) in [6.45, 7) is 5.30. The van der Waals surface area contributed by atoms with E-state index in [1.807, 2.05) is 13.8 Å². The third-order valence-electron chi connectivity index (χ3n) is 3.76. The van der Waals surface area contributed by atoms with E-state index >= 15 is 0 Å². The lowest BCUT2D eigenvalue weighted by Crippen LogP contribution is -2.28. The third kappa shape index (κ3) is 4.93. The lowest BCUT2D eigenvalue weighted by molar-refractivity contribution is 0.0697. The van der Waals surface area contributed by atoms with E-state index in [9.17, 15) is 18.3 Å². The molecule has 1 aliphatic heterocycles. The predicted molar refractivity (Wildman–Crippen MR) is 90.9 cm³/mol. The van der Waals surface area contributed by atoms with Crippen LogP contribution in [0.4, 0.5) is 5.69 Å². The van der Waals surface area contributed by atoms with Gasteiger partial charge < -0.3 is 15.2 Å². The van der Waals surface area contributed by atoms with Gasteiger partial charge in [-0.05, 0) is 37.0 Å². The molecule has 0 radical (unpaired) electrons. The summed E-state index contributed by atoms with van der Waals surface area (Å²) in [7, 11) is -3.72. The predicted octanol–water partition coefficient (Wildman–Crippen LogP) is 1.91. The number of carboxylic acid groups (broad SMARTS) is 1. The molecule has 0 amide bonds. The van der Waals surface area contributed by atoms with Crippen molar-refractivity contribution in [2.75, 3.05) is 25.0 Å². The Morgan fingerprint density at radius 3 is 2.75 bits per heavy atom. The number of aromatic carboxylic acids is 1. The van der Waals surface area contributed by atoms with Gasteiger partial charge in [-0.15, -0.1) is 0 Å². The van der Waals surface area contributed by atoms with Crippen molar-refractivity contribution in [2.24, 2.45) is 5.92 Å². The lowest BCUT2D eigenvalue weighted by atomic mass is 10.1. The number of ether oxygens (including phenoxy) is 1. The zero-order valence-corrected chi connectivity index (χ0v) is 14.7. The number of carboxylic acids is 1. The first-order chi connectivity index (χ1) is 11.3. The first-order valence-electron chi connectivity index (χ1n) is 8.02. The molecule has 1 saturated heterocycles. The maximum absolute atomic E-state index is 12.2. The molecular formula is C16H24N2O5S. The molecule has 1 aromatic carbocycles. The summed E-state index contributed by atoms with van der Waals surface area (Å²) >= 11 is 0. The minimum absolute atomic E-state index is 0.0526. The Morgan fingerprint density at radius 1 is 1.42 bits per heavy atom. The van der Waals surface area contributed by atoms with Crippen LogP contribution in [-0.4, -0.2) is 45.3 Å². The molecule has 3 N–H and O–H groups in total. The Labute approximate surface area is 142 Å². The van der Waals surface area contributed by atoms with E-state index in [1.165, 1.54) is 18.2 Å². The van der Waals surface area contributed by atoms with Crippen molar-refractivity contribution in [1.29, 1.82) is 0 Å². The van der Waals surface area contributed by atoms with Crippen LogP contribution < -0.4 is 10.0 Å². The molecule has 2 rings (SSSR count). The maximum Gasteiger partial charge on any atom is 0.337 e. The summed E-state index contributed by atoms with van der Waals surface area (Å²) in [5.41, 5.74) is 0.321. The largest absolute Gasteiger partial charge is 0.478 e. The monoisotopic (exact) mass is 356 g/mol. The number of rotatable bonds is 8. The van der Waals surface area contributed by atoms with Crippen molar-refractivity contribution >= 4 is 21.7 Å². The van der Waals surface area contributed by atoms with E-state index in [0.29, 0.717) is 18.8 Å². The molecule has 0 spiro atoms. The van der Waals surface area contributed by atoms with E-state index in [4.69, 9.17) is 4.74 Å². The van der Waals surface area contributed by atoms with Gasteiger partial charge in [-0.3, -0.25) is 0 Å². The fraction of sp³-hybridized carbons (Fsp3) is 0.562. The second-order valence-electron chi connectivity index (χ2n) is 6.27. The summed E-state index contributed by atoms with van der Waals surface area (Å²) in [5.74, 6) is -1.02. The Kier molecular flexibility index (Phi) is 6.20. The number of hydrogen-bond acceptors (Lipinski definition) is 5. The summed E-state index contributed by atoms with van der Waals surface area (Å²) < 4.78 is 32.5. The Balaban J connectivity index is 2.17. The highest BCUT2D eigenvalue weighted by molar-refractivity contribution is 7.89. The molecule has 8 heteroatoms. The van der Waals surface area contributed by atoms with Gasteiger partial charge in [0.25, 0.3) is 0 Å². The SMILES string of the molecule is CC(C)CNS(=O)(=O)c1ccc(NCC2CCCO2)c(C(=O)O)c1. The summed E-state index contributed by atoms with van der Waals surface area (Å²) in [6, 6.07) is 4.08. The molecule has 1 unspecified atom stereocenters. The van der Waals surface area contributed by atoms with Crippen LogP contribution in [0.2, 0.25) is 0 Å². The van der Waals surface area contributed by atoms with Gasteiger partial charge in [0, 0.05) is 25.4 Å². The normalized spacial score (nSPS) is 18.0. The molecule has 0 aromatic heterocycles. The summed E-state index contributed by atoms with van der Waals surface area (Å²) in [5, 5.41) is 12.4. The molecule has 0 aliphatic carbocycles. The Morgan fingerprint density at radius 2 is 2.17 bits per heavy atom. The van der Waals surface area contributed by atoms with Crippen molar-refractivity contribution < 1.29 is 23.1 Å². The van der Waals surface area contributed by atoms with Crippen LogP contribution in [0.3, 0.4) is 0 Å². The fourth-order valence-electron chi connectivity index (χ4n) is 2.41. The zero-order valence-electron chi connectivity index (χ0n) is 13.9. The van der Waals surface area contributed by atoms with Gasteiger partial charge in [-0.1, -0.05) is 13.8 Å². The number of sulfonamides is 1. The lowest BCUT2D eigenvalue weighted by Gasteiger charge is -2.15. The first-order valence-corrected chi connectivity index (χ1v) is 9.50. The zero-order chi connectivity index (χ0) is 17.7. The van der Waals surface area contributed by atoms with Gasteiger partial charge in [-0.2, -0.15) is 0 Å². The molecule has 0 bridgehead atoms. The van der Waals surface area contributed by atoms with E-state index in [2.05, 4.69) is 10.0 Å². The van der Waals surface area contributed by atoms with Crippen LogP contribution in [0.15, 0.2) is 23.1 Å². The van der Waals surface area contributed by atoms with Crippen molar-refractivity contribution in [3.8, 4) is 0 Å². The highest BCUT2D eigenvalue weighted by atomic mass is 32.2. The second kappa shape index (κ2) is 7.96. The highest BCUT2D eigenvalue weighted by Crippen LogP contribution is 2.22. The van der Waals surface area contributed by atoms with Gasteiger partial charge in [-0.25, -0.2) is 17.9 Å². The summed E-state index contributed by atoms with van der Waals surface area (Å²) in [6.07, 6.45) is 1.99. The van der Waals surface area contributed by atoms with E-state index < -0.39 is 16.0 Å². The third-order valence-corrected chi connectivity index (χ3v) is 5.18. The molecule has 0 saturated carbocycles. The number of nitrogens with one attached hydrogen (secondary N) is 2. The minimum atomic E-state index is -3.72. The molecule has 1 fully saturated rings. The van der Waals surface area contributed by atoms with Gasteiger partial charge in [0.2, 0.25) is 10.0 Å². The quantitative estimate of drug-likeness (QED) is 0.657. The van der Waals surface area contributed by atoms with Gasteiger partial charge in [0.05, 0.1) is 16.6 Å². The number of benzene rings is 1. The van der Waals surface area contributed by atoms with Crippen LogP contribution in [-0.2, 0) is 14.8 Å². The molecule has 1 aromatic rings. The smallest absolute Gasteiger partial charge is 0.337 e. The van der Waals surface area contributed by atoms with E-state index in [0.717, 1.165) is 19.4 Å². The maximum atomic E-state index is 12.2. The van der Waals surface area contributed by atoms with Crippen molar-refractivity contribution in [1.82, 2.24) is 4.72 Å². The standard InChI is InChI=1S/C16H24N2O5S/c1-11(2)9-18-24(21,22)13-5-6-15(14(8-13)16(19)20)17-10-12-4-3-7-23-12/h5-6,8,11-12,17-18H,3-4,7,9-10H2,1-2H3,(H,19,20). The molecule has 7 nitrogen and oxygen atoms in total. The van der Waals surface area contributed by atoms with Crippen LogP contribution in [0.5, 0.6) is 0 Å². The molecule has 1 aliphatic rings.